The second-order valence-corrected chi connectivity index (χ2v) is 6.41. The number of nitrogens with two attached hydrogens (primary N) is 1. The molecule has 7 nitrogen and oxygen atoms in total. The molecular weight excluding hydrogens is 332 g/mol. The predicted molar refractivity (Wildman–Crippen MR) is 88.7 cm³/mol. The Hall–Kier alpha value is -2.06. The zero-order valence-corrected chi connectivity index (χ0v) is 14.1. The lowest BCUT2D eigenvalue weighted by Crippen LogP contribution is -2.42. The molecule has 2 rings (SSSR count). The lowest BCUT2D eigenvalue weighted by Gasteiger charge is -2.14. The highest BCUT2D eigenvalue weighted by molar-refractivity contribution is 7.99. The summed E-state index contributed by atoms with van der Waals surface area (Å²) in [5, 5.41) is 1.88. The van der Waals surface area contributed by atoms with E-state index in [1.54, 1.807) is 12.1 Å². The van der Waals surface area contributed by atoms with E-state index in [1.807, 2.05) is 17.4 Å². The maximum atomic E-state index is 12.3. The van der Waals surface area contributed by atoms with Gasteiger partial charge in [-0.05, 0) is 31.9 Å². The van der Waals surface area contributed by atoms with Gasteiger partial charge in [-0.15, -0.1) is 11.8 Å². The van der Waals surface area contributed by atoms with E-state index >= 15 is 0 Å². The van der Waals surface area contributed by atoms with Crippen molar-refractivity contribution < 1.29 is 23.9 Å². The van der Waals surface area contributed by atoms with Crippen LogP contribution in [0, 0.1) is 0 Å². The molecular formula is C16H20N2O5S. The van der Waals surface area contributed by atoms with E-state index in [0.29, 0.717) is 5.56 Å². The van der Waals surface area contributed by atoms with E-state index in [0.717, 1.165) is 30.1 Å². The molecule has 1 saturated heterocycles. The molecule has 1 aromatic carbocycles. The van der Waals surface area contributed by atoms with Crippen LogP contribution in [0.5, 0.6) is 0 Å². The minimum Gasteiger partial charge on any atom is -0.449 e. The maximum Gasteiger partial charge on any atom is 0.340 e. The van der Waals surface area contributed by atoms with Crippen LogP contribution < -0.4 is 11.1 Å². The summed E-state index contributed by atoms with van der Waals surface area (Å²) >= 11 is 1.52. The first-order valence-electron chi connectivity index (χ1n) is 7.62. The minimum atomic E-state index is -1.12. The van der Waals surface area contributed by atoms with E-state index < -0.39 is 24.0 Å². The molecule has 0 unspecified atom stereocenters. The fourth-order valence-corrected chi connectivity index (χ4v) is 3.33. The molecule has 0 saturated carbocycles. The Kier molecular flexibility index (Phi) is 6.62. The van der Waals surface area contributed by atoms with Gasteiger partial charge < -0.3 is 15.2 Å². The van der Waals surface area contributed by atoms with E-state index in [-0.39, 0.29) is 6.10 Å². The number of imide groups is 1. The molecule has 0 radical (unpaired) electrons. The fourth-order valence-electron chi connectivity index (χ4n) is 2.22. The van der Waals surface area contributed by atoms with Crippen molar-refractivity contribution in [2.24, 2.45) is 5.73 Å². The topological polar surface area (TPSA) is 108 Å². The van der Waals surface area contributed by atoms with Gasteiger partial charge in [-0.2, -0.15) is 0 Å². The SMILES string of the molecule is C[C@H](OC(=O)c1ccccc1SC[C@H]1CCCO1)C(=O)NC(N)=O. The van der Waals surface area contributed by atoms with E-state index in [1.165, 1.54) is 18.7 Å². The summed E-state index contributed by atoms with van der Waals surface area (Å²) in [4.78, 5) is 35.3. The van der Waals surface area contributed by atoms with Gasteiger partial charge in [0.25, 0.3) is 5.91 Å². The summed E-state index contributed by atoms with van der Waals surface area (Å²) < 4.78 is 10.7. The predicted octanol–water partition coefficient (Wildman–Crippen LogP) is 1.70. The number of amides is 3. The molecule has 1 aromatic rings. The Balaban J connectivity index is 1.98. The van der Waals surface area contributed by atoms with Gasteiger partial charge in [0.2, 0.25) is 0 Å². The zero-order chi connectivity index (χ0) is 17.5. The zero-order valence-electron chi connectivity index (χ0n) is 13.3. The standard InChI is InChI=1S/C16H20N2O5S/c1-10(14(19)18-16(17)21)23-15(20)12-6-2-3-7-13(12)24-9-11-5-4-8-22-11/h2-3,6-7,10-11H,4-5,8-9H2,1H3,(H3,17,18,19,21)/t10-,11+/m0/s1. The van der Waals surface area contributed by atoms with Crippen molar-refractivity contribution >= 4 is 29.7 Å². The number of hydrogen-bond acceptors (Lipinski definition) is 6. The molecule has 0 aromatic heterocycles. The first kappa shape index (κ1) is 18.3. The number of benzene rings is 1. The largest absolute Gasteiger partial charge is 0.449 e. The lowest BCUT2D eigenvalue weighted by atomic mass is 10.2. The van der Waals surface area contributed by atoms with Crippen molar-refractivity contribution in [2.45, 2.75) is 36.9 Å². The molecule has 1 aliphatic heterocycles. The molecule has 24 heavy (non-hydrogen) atoms. The number of thioether (sulfide) groups is 1. The van der Waals surface area contributed by atoms with E-state index in [2.05, 4.69) is 0 Å². The highest BCUT2D eigenvalue weighted by Crippen LogP contribution is 2.27. The minimum absolute atomic E-state index is 0.194. The van der Waals surface area contributed by atoms with Crippen LogP contribution in [0.1, 0.15) is 30.1 Å². The van der Waals surface area contributed by atoms with Crippen LogP contribution in [0.2, 0.25) is 0 Å². The number of urea groups is 1. The van der Waals surface area contributed by atoms with Gasteiger partial charge in [0.05, 0.1) is 11.7 Å². The van der Waals surface area contributed by atoms with Crippen LogP contribution >= 0.6 is 11.8 Å². The molecule has 0 spiro atoms. The number of carbonyl (C=O) groups is 3. The van der Waals surface area contributed by atoms with Gasteiger partial charge in [0, 0.05) is 17.3 Å². The van der Waals surface area contributed by atoms with Crippen molar-refractivity contribution in [2.75, 3.05) is 12.4 Å². The van der Waals surface area contributed by atoms with Gasteiger partial charge in [0.1, 0.15) is 0 Å². The third-order valence-corrected chi connectivity index (χ3v) is 4.66. The summed E-state index contributed by atoms with van der Waals surface area (Å²) in [6.07, 6.45) is 1.14. The van der Waals surface area contributed by atoms with Gasteiger partial charge in [-0.3, -0.25) is 10.1 Å². The third kappa shape index (κ3) is 5.24. The molecule has 1 fully saturated rings. The van der Waals surface area contributed by atoms with Gasteiger partial charge in [-0.25, -0.2) is 9.59 Å². The first-order chi connectivity index (χ1) is 11.5. The quantitative estimate of drug-likeness (QED) is 0.596. The first-order valence-corrected chi connectivity index (χ1v) is 8.60. The van der Waals surface area contributed by atoms with Gasteiger partial charge >= 0.3 is 12.0 Å². The second kappa shape index (κ2) is 8.70. The number of nitrogens with one attached hydrogen (secondary N) is 1. The molecule has 8 heteroatoms. The van der Waals surface area contributed by atoms with Crippen molar-refractivity contribution in [1.29, 1.82) is 0 Å². The lowest BCUT2D eigenvalue weighted by molar-refractivity contribution is -0.127. The molecule has 1 aliphatic rings. The Bertz CT molecular complexity index is 616. The Labute approximate surface area is 144 Å². The molecule has 130 valence electrons. The third-order valence-electron chi connectivity index (χ3n) is 3.46. The maximum absolute atomic E-state index is 12.3. The molecule has 0 aliphatic carbocycles. The van der Waals surface area contributed by atoms with Crippen LogP contribution in [0.25, 0.3) is 0 Å². The smallest absolute Gasteiger partial charge is 0.340 e. The highest BCUT2D eigenvalue weighted by atomic mass is 32.2. The number of primary amides is 1. The van der Waals surface area contributed by atoms with Crippen molar-refractivity contribution in [3.8, 4) is 0 Å². The van der Waals surface area contributed by atoms with E-state index in [4.69, 9.17) is 15.2 Å². The van der Waals surface area contributed by atoms with Gasteiger partial charge in [-0.1, -0.05) is 12.1 Å². The van der Waals surface area contributed by atoms with Crippen molar-refractivity contribution in [1.82, 2.24) is 5.32 Å². The summed E-state index contributed by atoms with van der Waals surface area (Å²) in [6.45, 7) is 2.15. The Morgan fingerprint density at radius 1 is 1.42 bits per heavy atom. The molecule has 2 atom stereocenters. The molecule has 3 amide bonds. The normalized spacial score (nSPS) is 18.0. The van der Waals surface area contributed by atoms with Gasteiger partial charge in [0.15, 0.2) is 6.10 Å². The summed E-state index contributed by atoms with van der Waals surface area (Å²) in [6, 6.07) is 6.03. The van der Waals surface area contributed by atoms with Crippen molar-refractivity contribution in [3.63, 3.8) is 0 Å². The molecule has 3 N–H and O–H groups in total. The fraction of sp³-hybridized carbons (Fsp3) is 0.438. The number of esters is 1. The van der Waals surface area contributed by atoms with Crippen molar-refractivity contribution in [3.05, 3.63) is 29.8 Å². The van der Waals surface area contributed by atoms with Crippen LogP contribution in [-0.2, 0) is 14.3 Å². The average molecular weight is 352 g/mol. The van der Waals surface area contributed by atoms with Crippen LogP contribution in [0.3, 0.4) is 0 Å². The number of carbonyl (C=O) groups excluding carboxylic acids is 3. The summed E-state index contributed by atoms with van der Waals surface area (Å²) in [5.41, 5.74) is 5.24. The molecule has 0 bridgehead atoms. The number of rotatable bonds is 6. The highest BCUT2D eigenvalue weighted by Gasteiger charge is 2.22. The van der Waals surface area contributed by atoms with Crippen LogP contribution in [-0.4, -0.2) is 42.5 Å². The number of hydrogen-bond donors (Lipinski definition) is 2. The Morgan fingerprint density at radius 3 is 2.83 bits per heavy atom. The summed E-state index contributed by atoms with van der Waals surface area (Å²) in [7, 11) is 0. The monoisotopic (exact) mass is 352 g/mol. The average Bonchev–Trinajstić information content (AvgIpc) is 3.05. The number of ether oxygens (including phenoxy) is 2. The molecule has 1 heterocycles. The van der Waals surface area contributed by atoms with Crippen LogP contribution in [0.4, 0.5) is 4.79 Å². The van der Waals surface area contributed by atoms with Crippen LogP contribution in [0.15, 0.2) is 29.2 Å². The second-order valence-electron chi connectivity index (χ2n) is 5.34. The Morgan fingerprint density at radius 2 is 2.17 bits per heavy atom. The van der Waals surface area contributed by atoms with E-state index in [9.17, 15) is 14.4 Å². The summed E-state index contributed by atoms with van der Waals surface area (Å²) in [5.74, 6) is -0.639.